The monoisotopic (exact) mass is 430 g/mol. The standard InChI is InChI=1S/C19H15ClN4O6/c20-9-4-5-12(24(29)30)11(7-9)15-13-14(16(22-15)19(27)28)18(26)23(17(13)25)8-10-3-1-2-6-21-10/h1-7,13-16,22H,8H2,(H,27,28). The summed E-state index contributed by atoms with van der Waals surface area (Å²) in [5.74, 6) is -4.88. The number of likely N-dealkylation sites (tertiary alicyclic amines) is 1. The third kappa shape index (κ3) is 3.19. The van der Waals surface area contributed by atoms with E-state index in [2.05, 4.69) is 10.3 Å². The van der Waals surface area contributed by atoms with Crippen molar-refractivity contribution in [1.82, 2.24) is 15.2 Å². The second kappa shape index (κ2) is 7.47. The van der Waals surface area contributed by atoms with Crippen LogP contribution in [0.15, 0.2) is 42.6 Å². The number of fused-ring (bicyclic) bond motifs is 1. The number of pyridine rings is 1. The van der Waals surface area contributed by atoms with Crippen molar-refractivity contribution >= 4 is 35.1 Å². The molecule has 1 aromatic heterocycles. The first kappa shape index (κ1) is 19.9. The highest BCUT2D eigenvalue weighted by Crippen LogP contribution is 2.46. The zero-order valence-corrected chi connectivity index (χ0v) is 16.0. The summed E-state index contributed by atoms with van der Waals surface area (Å²) < 4.78 is 0. The fraction of sp³-hybridized carbons (Fsp3) is 0.263. The van der Waals surface area contributed by atoms with Crippen LogP contribution in [0.1, 0.15) is 17.3 Å². The van der Waals surface area contributed by atoms with E-state index < -0.39 is 46.6 Å². The van der Waals surface area contributed by atoms with Gasteiger partial charge in [-0.15, -0.1) is 0 Å². The highest BCUT2D eigenvalue weighted by Gasteiger charge is 2.61. The minimum absolute atomic E-state index is 0.0621. The van der Waals surface area contributed by atoms with E-state index in [9.17, 15) is 29.6 Å². The predicted octanol–water partition coefficient (Wildman–Crippen LogP) is 1.54. The second-order valence-corrected chi connectivity index (χ2v) is 7.49. The number of benzene rings is 1. The van der Waals surface area contributed by atoms with Gasteiger partial charge >= 0.3 is 5.97 Å². The van der Waals surface area contributed by atoms with Gasteiger partial charge in [0.25, 0.3) is 5.69 Å². The number of aliphatic carboxylic acids is 1. The summed E-state index contributed by atoms with van der Waals surface area (Å²) in [6, 6.07) is 6.44. The van der Waals surface area contributed by atoms with Crippen LogP contribution < -0.4 is 5.32 Å². The van der Waals surface area contributed by atoms with E-state index in [0.29, 0.717) is 5.69 Å². The van der Waals surface area contributed by atoms with Crippen molar-refractivity contribution in [2.75, 3.05) is 0 Å². The van der Waals surface area contributed by atoms with Gasteiger partial charge in [0, 0.05) is 22.8 Å². The van der Waals surface area contributed by atoms with Crippen molar-refractivity contribution in [1.29, 1.82) is 0 Å². The molecule has 1 aromatic carbocycles. The normalized spacial score (nSPS) is 25.4. The topological polar surface area (TPSA) is 143 Å². The van der Waals surface area contributed by atoms with Crippen molar-refractivity contribution in [3.8, 4) is 0 Å². The Morgan fingerprint density at radius 3 is 2.60 bits per heavy atom. The average molecular weight is 431 g/mol. The number of carbonyl (C=O) groups is 3. The van der Waals surface area contributed by atoms with Crippen LogP contribution in [0.4, 0.5) is 5.69 Å². The summed E-state index contributed by atoms with van der Waals surface area (Å²) in [6.45, 7) is -0.109. The molecular weight excluding hydrogens is 416 g/mol. The molecule has 4 atom stereocenters. The van der Waals surface area contributed by atoms with Crippen LogP contribution in [0.2, 0.25) is 5.02 Å². The Morgan fingerprint density at radius 1 is 1.23 bits per heavy atom. The van der Waals surface area contributed by atoms with Gasteiger partial charge in [-0.3, -0.25) is 39.7 Å². The van der Waals surface area contributed by atoms with Crippen molar-refractivity contribution in [3.05, 3.63) is 69.0 Å². The Morgan fingerprint density at radius 2 is 1.97 bits per heavy atom. The number of rotatable bonds is 5. The van der Waals surface area contributed by atoms with Gasteiger partial charge in [-0.25, -0.2) is 0 Å². The van der Waals surface area contributed by atoms with Crippen LogP contribution >= 0.6 is 11.6 Å². The van der Waals surface area contributed by atoms with Crippen LogP contribution in [0.3, 0.4) is 0 Å². The summed E-state index contributed by atoms with van der Waals surface area (Å²) in [5.41, 5.74) is 0.210. The maximum absolute atomic E-state index is 13.2. The molecule has 3 heterocycles. The average Bonchev–Trinajstić information content (AvgIpc) is 3.21. The lowest BCUT2D eigenvalue weighted by molar-refractivity contribution is -0.385. The predicted molar refractivity (Wildman–Crippen MR) is 102 cm³/mol. The van der Waals surface area contributed by atoms with Gasteiger partial charge in [0.2, 0.25) is 11.8 Å². The number of nitrogens with zero attached hydrogens (tertiary/aromatic N) is 3. The van der Waals surface area contributed by atoms with Gasteiger partial charge in [-0.05, 0) is 24.3 Å². The summed E-state index contributed by atoms with van der Waals surface area (Å²) in [7, 11) is 0. The molecule has 154 valence electrons. The fourth-order valence-electron chi connectivity index (χ4n) is 4.13. The number of hydrogen-bond donors (Lipinski definition) is 2. The quantitative estimate of drug-likeness (QED) is 0.413. The molecule has 4 rings (SSSR count). The number of nitrogens with one attached hydrogen (secondary N) is 1. The Balaban J connectivity index is 1.76. The number of carboxylic acid groups (broad SMARTS) is 1. The number of carbonyl (C=O) groups excluding carboxylic acids is 2. The van der Waals surface area contributed by atoms with E-state index in [1.54, 1.807) is 18.2 Å². The molecule has 2 N–H and O–H groups in total. The van der Waals surface area contributed by atoms with Crippen molar-refractivity contribution in [2.45, 2.75) is 18.6 Å². The van der Waals surface area contributed by atoms with Gasteiger partial charge in [-0.2, -0.15) is 0 Å². The number of nitro groups is 1. The lowest BCUT2D eigenvalue weighted by atomic mass is 9.86. The summed E-state index contributed by atoms with van der Waals surface area (Å²) >= 11 is 6.01. The highest BCUT2D eigenvalue weighted by atomic mass is 35.5. The molecule has 30 heavy (non-hydrogen) atoms. The largest absolute Gasteiger partial charge is 0.480 e. The van der Waals surface area contributed by atoms with Gasteiger partial charge in [0.1, 0.15) is 6.04 Å². The maximum Gasteiger partial charge on any atom is 0.321 e. The first-order valence-electron chi connectivity index (χ1n) is 8.97. The molecule has 11 heteroatoms. The third-order valence-corrected chi connectivity index (χ3v) is 5.64. The molecule has 10 nitrogen and oxygen atoms in total. The number of nitro benzene ring substituents is 1. The Kier molecular flexibility index (Phi) is 4.96. The van der Waals surface area contributed by atoms with E-state index in [1.165, 1.54) is 24.4 Å². The van der Waals surface area contributed by atoms with Gasteiger partial charge in [0.05, 0.1) is 35.0 Å². The smallest absolute Gasteiger partial charge is 0.321 e. The number of imide groups is 1. The molecule has 2 aliphatic heterocycles. The Hall–Kier alpha value is -3.37. The van der Waals surface area contributed by atoms with E-state index >= 15 is 0 Å². The third-order valence-electron chi connectivity index (χ3n) is 5.40. The minimum Gasteiger partial charge on any atom is -0.480 e. The minimum atomic E-state index is -1.37. The SMILES string of the molecule is O=C(O)C1NC(c2cc(Cl)ccc2[N+](=O)[O-])C2C(=O)N(Cc3ccccn3)C(=O)C12. The van der Waals surface area contributed by atoms with Crippen molar-refractivity contribution in [3.63, 3.8) is 0 Å². The van der Waals surface area contributed by atoms with Crippen LogP contribution in [0, 0.1) is 22.0 Å². The number of amides is 2. The summed E-state index contributed by atoms with van der Waals surface area (Å²) in [5, 5.41) is 24.0. The molecule has 0 spiro atoms. The molecule has 2 saturated heterocycles. The van der Waals surface area contributed by atoms with E-state index in [0.717, 1.165) is 4.90 Å². The molecule has 0 bridgehead atoms. The maximum atomic E-state index is 13.2. The van der Waals surface area contributed by atoms with Crippen LogP contribution in [0.25, 0.3) is 0 Å². The molecule has 2 aromatic rings. The fourth-order valence-corrected chi connectivity index (χ4v) is 4.32. The Labute approximate surface area is 174 Å². The number of carboxylic acids is 1. The molecule has 4 unspecified atom stereocenters. The van der Waals surface area contributed by atoms with Gasteiger partial charge in [-0.1, -0.05) is 17.7 Å². The summed E-state index contributed by atoms with van der Waals surface area (Å²) in [6.07, 6.45) is 1.51. The molecule has 0 radical (unpaired) electrons. The van der Waals surface area contributed by atoms with Gasteiger partial charge in [0.15, 0.2) is 0 Å². The molecule has 2 aliphatic rings. The van der Waals surface area contributed by atoms with E-state index in [1.807, 2.05) is 0 Å². The van der Waals surface area contributed by atoms with E-state index in [4.69, 9.17) is 11.6 Å². The van der Waals surface area contributed by atoms with Crippen molar-refractivity contribution < 1.29 is 24.4 Å². The molecule has 2 fully saturated rings. The molecule has 0 aliphatic carbocycles. The lowest BCUT2D eigenvalue weighted by Gasteiger charge is -2.21. The number of aromatic nitrogens is 1. The zero-order chi connectivity index (χ0) is 21.6. The zero-order valence-electron chi connectivity index (χ0n) is 15.3. The first-order valence-corrected chi connectivity index (χ1v) is 9.35. The molecular formula is C19H15ClN4O6. The Bertz CT molecular complexity index is 1060. The van der Waals surface area contributed by atoms with Crippen LogP contribution in [-0.4, -0.2) is 43.7 Å². The first-order chi connectivity index (χ1) is 14.3. The number of hydrogen-bond acceptors (Lipinski definition) is 7. The van der Waals surface area contributed by atoms with E-state index in [-0.39, 0.29) is 22.8 Å². The van der Waals surface area contributed by atoms with Crippen molar-refractivity contribution in [2.24, 2.45) is 11.8 Å². The van der Waals surface area contributed by atoms with Crippen LogP contribution in [0.5, 0.6) is 0 Å². The van der Waals surface area contributed by atoms with Gasteiger partial charge < -0.3 is 5.11 Å². The lowest BCUT2D eigenvalue weighted by Crippen LogP contribution is -2.43. The second-order valence-electron chi connectivity index (χ2n) is 7.06. The van der Waals surface area contributed by atoms with Crippen LogP contribution in [-0.2, 0) is 20.9 Å². The number of halogens is 1. The summed E-state index contributed by atoms with van der Waals surface area (Å²) in [4.78, 5) is 53.9. The highest BCUT2D eigenvalue weighted by molar-refractivity contribution is 6.30. The molecule has 0 saturated carbocycles. The molecule has 2 amide bonds.